The number of pyridine rings is 1. The van der Waals surface area contributed by atoms with Gasteiger partial charge in [-0.1, -0.05) is 18.2 Å². The van der Waals surface area contributed by atoms with Crippen molar-refractivity contribution in [2.24, 2.45) is 0 Å². The number of nitrogens with zero attached hydrogens (tertiary/aromatic N) is 2. The van der Waals surface area contributed by atoms with Crippen molar-refractivity contribution in [2.45, 2.75) is 5.37 Å². The summed E-state index contributed by atoms with van der Waals surface area (Å²) in [5.41, 5.74) is 2.13. The van der Waals surface area contributed by atoms with Gasteiger partial charge in [-0.25, -0.2) is 0 Å². The van der Waals surface area contributed by atoms with Crippen LogP contribution in [0.15, 0.2) is 36.5 Å². The smallest absolute Gasteiger partial charge is 0.233 e. The first kappa shape index (κ1) is 15.6. The van der Waals surface area contributed by atoms with Gasteiger partial charge in [0.15, 0.2) is 0 Å². The first-order valence-electron chi connectivity index (χ1n) is 7.24. The largest absolute Gasteiger partial charge is 0.396 e. The van der Waals surface area contributed by atoms with Crippen LogP contribution in [0, 0.1) is 0 Å². The van der Waals surface area contributed by atoms with Crippen molar-refractivity contribution in [1.82, 2.24) is 9.88 Å². The quantitative estimate of drug-likeness (QED) is 0.823. The molecule has 0 saturated carbocycles. The highest BCUT2D eigenvalue weighted by molar-refractivity contribution is 8.00. The van der Waals surface area contributed by atoms with Crippen molar-refractivity contribution >= 4 is 40.3 Å². The Morgan fingerprint density at radius 2 is 2.18 bits per heavy atom. The highest BCUT2D eigenvalue weighted by Gasteiger charge is 2.33. The van der Waals surface area contributed by atoms with Crippen LogP contribution in [0.25, 0.3) is 10.9 Å². The average molecular weight is 334 g/mol. The molecule has 3 rings (SSSR count). The average Bonchev–Trinajstić information content (AvgIpc) is 2.92. The van der Waals surface area contributed by atoms with Gasteiger partial charge in [-0.2, -0.15) is 11.8 Å². The van der Waals surface area contributed by atoms with Gasteiger partial charge < -0.3 is 10.0 Å². The van der Waals surface area contributed by atoms with E-state index in [4.69, 9.17) is 5.11 Å². The molecule has 1 aliphatic rings. The lowest BCUT2D eigenvalue weighted by Crippen LogP contribution is -2.30. The van der Waals surface area contributed by atoms with Crippen molar-refractivity contribution in [3.63, 3.8) is 0 Å². The van der Waals surface area contributed by atoms with E-state index in [1.807, 2.05) is 35.4 Å². The maximum Gasteiger partial charge on any atom is 0.233 e. The number of hydrogen-bond acceptors (Lipinski definition) is 5. The van der Waals surface area contributed by atoms with E-state index < -0.39 is 0 Å². The number of carbonyl (C=O) groups excluding carboxylic acids is 1. The summed E-state index contributed by atoms with van der Waals surface area (Å²) in [4.78, 5) is 18.5. The molecule has 1 aliphatic heterocycles. The predicted octanol–water partition coefficient (Wildman–Crippen LogP) is 2.53. The molecule has 0 bridgehead atoms. The van der Waals surface area contributed by atoms with E-state index in [0.717, 1.165) is 34.5 Å². The van der Waals surface area contributed by atoms with Crippen molar-refractivity contribution in [3.8, 4) is 0 Å². The molecule has 1 aromatic heterocycles. The normalized spacial score (nSPS) is 18.3. The highest BCUT2D eigenvalue weighted by Crippen LogP contribution is 2.40. The molecule has 0 radical (unpaired) electrons. The standard InChI is InChI=1S/C16H18N2O2S2/c19-8-10-21-9-7-18-15(20)11-22-16(18)13-5-6-17-14-4-2-1-3-12(13)14/h1-6,16,19H,7-11H2. The van der Waals surface area contributed by atoms with Crippen molar-refractivity contribution in [2.75, 3.05) is 30.4 Å². The molecule has 6 heteroatoms. The molecule has 2 aromatic rings. The molecule has 1 saturated heterocycles. The molecule has 2 heterocycles. The van der Waals surface area contributed by atoms with Gasteiger partial charge in [0.25, 0.3) is 0 Å². The second-order valence-electron chi connectivity index (χ2n) is 5.00. The molecule has 1 N–H and O–H groups in total. The molecule has 0 spiro atoms. The topological polar surface area (TPSA) is 53.4 Å². The third kappa shape index (κ3) is 3.24. The molecule has 1 unspecified atom stereocenters. The maximum absolute atomic E-state index is 12.2. The Kier molecular flexibility index (Phi) is 5.23. The second kappa shape index (κ2) is 7.35. The van der Waals surface area contributed by atoms with Gasteiger partial charge in [-0.15, -0.1) is 11.8 Å². The molecule has 1 fully saturated rings. The molecule has 1 amide bonds. The Bertz CT molecular complexity index is 660. The van der Waals surface area contributed by atoms with Crippen LogP contribution < -0.4 is 0 Å². The zero-order chi connectivity index (χ0) is 15.4. The number of benzene rings is 1. The number of hydrogen-bond donors (Lipinski definition) is 1. The Morgan fingerprint density at radius 3 is 3.05 bits per heavy atom. The second-order valence-corrected chi connectivity index (χ2v) is 7.30. The lowest BCUT2D eigenvalue weighted by atomic mass is 10.1. The summed E-state index contributed by atoms with van der Waals surface area (Å²) in [7, 11) is 0. The molecule has 116 valence electrons. The van der Waals surface area contributed by atoms with Gasteiger partial charge in [-0.3, -0.25) is 9.78 Å². The van der Waals surface area contributed by atoms with Crippen LogP contribution >= 0.6 is 23.5 Å². The van der Waals surface area contributed by atoms with Crippen LogP contribution in [0.5, 0.6) is 0 Å². The molecular formula is C16H18N2O2S2. The van der Waals surface area contributed by atoms with E-state index in [2.05, 4.69) is 11.1 Å². The lowest BCUT2D eigenvalue weighted by molar-refractivity contribution is -0.127. The number of thioether (sulfide) groups is 2. The third-order valence-corrected chi connectivity index (χ3v) is 5.81. The van der Waals surface area contributed by atoms with Gasteiger partial charge in [0, 0.05) is 29.6 Å². The van der Waals surface area contributed by atoms with Crippen LogP contribution in [0.4, 0.5) is 0 Å². The van der Waals surface area contributed by atoms with E-state index in [1.165, 1.54) is 0 Å². The van der Waals surface area contributed by atoms with Crippen molar-refractivity contribution in [1.29, 1.82) is 0 Å². The minimum Gasteiger partial charge on any atom is -0.396 e. The van der Waals surface area contributed by atoms with E-state index in [9.17, 15) is 4.79 Å². The van der Waals surface area contributed by atoms with Crippen LogP contribution in [-0.2, 0) is 4.79 Å². The first-order valence-corrected chi connectivity index (χ1v) is 9.45. The van der Waals surface area contributed by atoms with E-state index >= 15 is 0 Å². The van der Waals surface area contributed by atoms with Crippen LogP contribution in [0.2, 0.25) is 0 Å². The fraction of sp³-hybridized carbons (Fsp3) is 0.375. The number of aliphatic hydroxyl groups excluding tert-OH is 1. The first-order chi connectivity index (χ1) is 10.8. The number of fused-ring (bicyclic) bond motifs is 1. The molecular weight excluding hydrogens is 316 g/mol. The predicted molar refractivity (Wildman–Crippen MR) is 93.1 cm³/mol. The van der Waals surface area contributed by atoms with Crippen LogP contribution in [-0.4, -0.2) is 51.3 Å². The molecule has 4 nitrogen and oxygen atoms in total. The molecule has 1 atom stereocenters. The molecule has 0 aliphatic carbocycles. The van der Waals surface area contributed by atoms with Gasteiger partial charge in [-0.05, 0) is 17.7 Å². The summed E-state index contributed by atoms with van der Waals surface area (Å²) in [6, 6.07) is 10.1. The Labute approximate surface area is 138 Å². The Morgan fingerprint density at radius 1 is 1.32 bits per heavy atom. The summed E-state index contributed by atoms with van der Waals surface area (Å²) in [6.45, 7) is 0.906. The van der Waals surface area contributed by atoms with Crippen molar-refractivity contribution in [3.05, 3.63) is 42.1 Å². The minimum atomic E-state index is 0.0649. The lowest BCUT2D eigenvalue weighted by Gasteiger charge is -2.25. The third-order valence-electron chi connectivity index (χ3n) is 3.63. The number of aliphatic hydroxyl groups is 1. The minimum absolute atomic E-state index is 0.0649. The fourth-order valence-electron chi connectivity index (χ4n) is 2.62. The molecule has 22 heavy (non-hydrogen) atoms. The van der Waals surface area contributed by atoms with Gasteiger partial charge in [0.05, 0.1) is 17.9 Å². The van der Waals surface area contributed by atoms with Crippen LogP contribution in [0.1, 0.15) is 10.9 Å². The Balaban J connectivity index is 1.83. The number of para-hydroxylation sites is 1. The van der Waals surface area contributed by atoms with Gasteiger partial charge >= 0.3 is 0 Å². The molecule has 1 aromatic carbocycles. The number of aromatic nitrogens is 1. The SMILES string of the molecule is O=C1CSC(c2ccnc3ccccc23)N1CCSCCO. The van der Waals surface area contributed by atoms with Crippen molar-refractivity contribution < 1.29 is 9.90 Å². The van der Waals surface area contributed by atoms with Crippen LogP contribution in [0.3, 0.4) is 0 Å². The number of carbonyl (C=O) groups is 1. The highest BCUT2D eigenvalue weighted by atomic mass is 32.2. The van der Waals surface area contributed by atoms with E-state index in [0.29, 0.717) is 5.75 Å². The summed E-state index contributed by atoms with van der Waals surface area (Å²) >= 11 is 3.36. The number of amides is 1. The maximum atomic E-state index is 12.2. The summed E-state index contributed by atoms with van der Waals surface area (Å²) in [5.74, 6) is 2.30. The van der Waals surface area contributed by atoms with Gasteiger partial charge in [0.1, 0.15) is 5.37 Å². The zero-order valence-corrected chi connectivity index (χ0v) is 13.8. The number of rotatable bonds is 6. The Hall–Kier alpha value is -1.24. The van der Waals surface area contributed by atoms with E-state index in [1.54, 1.807) is 23.5 Å². The van der Waals surface area contributed by atoms with E-state index in [-0.39, 0.29) is 17.9 Å². The fourth-order valence-corrected chi connectivity index (χ4v) is 4.53. The zero-order valence-electron chi connectivity index (χ0n) is 12.1. The summed E-state index contributed by atoms with van der Waals surface area (Å²) in [5, 5.41) is 10.0. The summed E-state index contributed by atoms with van der Waals surface area (Å²) < 4.78 is 0. The monoisotopic (exact) mass is 334 g/mol. The summed E-state index contributed by atoms with van der Waals surface area (Å²) in [6.07, 6.45) is 1.82. The van der Waals surface area contributed by atoms with Gasteiger partial charge in [0.2, 0.25) is 5.91 Å².